The van der Waals surface area contributed by atoms with E-state index in [2.05, 4.69) is 24.3 Å². The number of carboxylic acid groups (broad SMARTS) is 1. The zero-order valence-electron chi connectivity index (χ0n) is 15.0. The zero-order valence-corrected chi connectivity index (χ0v) is 15.0. The Hall–Kier alpha value is -2.82. The number of amides is 1. The van der Waals surface area contributed by atoms with Gasteiger partial charge in [-0.2, -0.15) is 0 Å². The summed E-state index contributed by atoms with van der Waals surface area (Å²) in [5.74, 6) is -1.07. The number of carbonyl (C=O) groups is 2. The summed E-state index contributed by atoms with van der Waals surface area (Å²) in [7, 11) is 0. The third kappa shape index (κ3) is 3.29. The fourth-order valence-corrected chi connectivity index (χ4v) is 3.49. The molecule has 0 aliphatic heterocycles. The second-order valence-electron chi connectivity index (χ2n) is 6.51. The molecule has 0 saturated heterocycles. The van der Waals surface area contributed by atoms with Crippen molar-refractivity contribution in [3.05, 3.63) is 59.7 Å². The summed E-state index contributed by atoms with van der Waals surface area (Å²) in [4.78, 5) is 25.0. The van der Waals surface area contributed by atoms with Crippen LogP contribution < -0.4 is 0 Å². The molecule has 136 valence electrons. The molecule has 1 amide bonds. The first-order valence-corrected chi connectivity index (χ1v) is 8.89. The fraction of sp³-hybridized carbons (Fsp3) is 0.333. The van der Waals surface area contributed by atoms with Gasteiger partial charge in [0.1, 0.15) is 12.6 Å². The first kappa shape index (κ1) is 18.0. The molecule has 0 radical (unpaired) electrons. The van der Waals surface area contributed by atoms with E-state index < -0.39 is 18.1 Å². The van der Waals surface area contributed by atoms with E-state index in [1.807, 2.05) is 31.2 Å². The Morgan fingerprint density at radius 1 is 1.08 bits per heavy atom. The van der Waals surface area contributed by atoms with Crippen molar-refractivity contribution < 1.29 is 19.4 Å². The van der Waals surface area contributed by atoms with Crippen LogP contribution in [-0.4, -0.2) is 41.3 Å². The highest BCUT2D eigenvalue weighted by Gasteiger charge is 2.31. The first-order chi connectivity index (χ1) is 12.5. The highest BCUT2D eigenvalue weighted by molar-refractivity contribution is 5.80. The van der Waals surface area contributed by atoms with Crippen LogP contribution in [0.15, 0.2) is 48.5 Å². The minimum atomic E-state index is -1.04. The molecule has 5 nitrogen and oxygen atoms in total. The molecular weight excluding hydrogens is 330 g/mol. The summed E-state index contributed by atoms with van der Waals surface area (Å²) >= 11 is 0. The summed E-state index contributed by atoms with van der Waals surface area (Å²) in [6, 6.07) is 15.3. The van der Waals surface area contributed by atoms with Crippen LogP contribution in [0.3, 0.4) is 0 Å². The van der Waals surface area contributed by atoms with Crippen molar-refractivity contribution in [2.75, 3.05) is 13.2 Å². The van der Waals surface area contributed by atoms with Crippen LogP contribution in [0.5, 0.6) is 0 Å². The van der Waals surface area contributed by atoms with E-state index in [1.54, 1.807) is 0 Å². The van der Waals surface area contributed by atoms with Crippen molar-refractivity contribution in [1.29, 1.82) is 0 Å². The lowest BCUT2D eigenvalue weighted by molar-refractivity contribution is -0.142. The van der Waals surface area contributed by atoms with Crippen molar-refractivity contribution in [2.24, 2.45) is 0 Å². The molecule has 0 spiro atoms. The van der Waals surface area contributed by atoms with Crippen molar-refractivity contribution in [3.63, 3.8) is 0 Å². The Kier molecular flexibility index (Phi) is 5.26. The van der Waals surface area contributed by atoms with Crippen LogP contribution in [0.4, 0.5) is 4.79 Å². The summed E-state index contributed by atoms with van der Waals surface area (Å²) in [5, 5.41) is 9.22. The van der Waals surface area contributed by atoms with Gasteiger partial charge in [0.2, 0.25) is 0 Å². The summed E-state index contributed by atoms with van der Waals surface area (Å²) in [6.07, 6.45) is 0.0885. The third-order valence-electron chi connectivity index (χ3n) is 4.86. The van der Waals surface area contributed by atoms with Gasteiger partial charge >= 0.3 is 12.1 Å². The van der Waals surface area contributed by atoms with Crippen LogP contribution in [0.2, 0.25) is 0 Å². The average molecular weight is 353 g/mol. The van der Waals surface area contributed by atoms with Crippen LogP contribution in [0.25, 0.3) is 11.1 Å². The minimum absolute atomic E-state index is 0.0324. The van der Waals surface area contributed by atoms with Gasteiger partial charge in [0.05, 0.1) is 0 Å². The van der Waals surface area contributed by atoms with E-state index in [9.17, 15) is 14.7 Å². The van der Waals surface area contributed by atoms with Gasteiger partial charge in [0.25, 0.3) is 0 Å². The zero-order chi connectivity index (χ0) is 18.7. The monoisotopic (exact) mass is 353 g/mol. The SMILES string of the molecule is CCCN(C(=O)OCC1c2ccccc2-c2ccccc21)[C@@H](C)C(=O)O. The van der Waals surface area contributed by atoms with Gasteiger partial charge in [-0.15, -0.1) is 0 Å². The molecule has 0 bridgehead atoms. The number of carbonyl (C=O) groups excluding carboxylic acids is 1. The summed E-state index contributed by atoms with van der Waals surface area (Å²) in [6.45, 7) is 3.95. The molecule has 5 heteroatoms. The van der Waals surface area contributed by atoms with E-state index in [4.69, 9.17) is 4.74 Å². The molecule has 2 aromatic carbocycles. The topological polar surface area (TPSA) is 66.8 Å². The van der Waals surface area contributed by atoms with Crippen LogP contribution >= 0.6 is 0 Å². The number of nitrogens with zero attached hydrogens (tertiary/aromatic N) is 1. The van der Waals surface area contributed by atoms with Crippen molar-refractivity contribution >= 4 is 12.1 Å². The highest BCUT2D eigenvalue weighted by Crippen LogP contribution is 2.44. The molecule has 0 unspecified atom stereocenters. The molecule has 1 aliphatic rings. The molecule has 0 aromatic heterocycles. The molecule has 0 heterocycles. The van der Waals surface area contributed by atoms with E-state index in [0.717, 1.165) is 22.3 Å². The molecule has 1 aliphatic carbocycles. The lowest BCUT2D eigenvalue weighted by Gasteiger charge is -2.26. The van der Waals surface area contributed by atoms with Crippen LogP contribution in [-0.2, 0) is 9.53 Å². The smallest absolute Gasteiger partial charge is 0.410 e. The van der Waals surface area contributed by atoms with Gasteiger partial charge < -0.3 is 9.84 Å². The molecular formula is C21H23NO4. The number of carboxylic acids is 1. The summed E-state index contributed by atoms with van der Waals surface area (Å²) in [5.41, 5.74) is 4.59. The molecule has 3 rings (SSSR count). The lowest BCUT2D eigenvalue weighted by atomic mass is 9.98. The minimum Gasteiger partial charge on any atom is -0.480 e. The largest absolute Gasteiger partial charge is 0.480 e. The van der Waals surface area contributed by atoms with E-state index >= 15 is 0 Å². The Bertz CT molecular complexity index is 772. The standard InChI is InChI=1S/C21H23NO4/c1-3-12-22(14(2)20(23)24)21(25)26-13-19-17-10-6-4-8-15(17)16-9-5-7-11-18(16)19/h4-11,14,19H,3,12-13H2,1-2H3,(H,23,24)/t14-/m0/s1. The Labute approximate surface area is 153 Å². The molecule has 2 aromatic rings. The average Bonchev–Trinajstić information content (AvgIpc) is 2.97. The normalized spacial score (nSPS) is 13.6. The van der Waals surface area contributed by atoms with Gasteiger partial charge in [0, 0.05) is 12.5 Å². The molecule has 0 saturated carbocycles. The number of hydrogen-bond acceptors (Lipinski definition) is 3. The maximum atomic E-state index is 12.5. The van der Waals surface area contributed by atoms with Gasteiger partial charge in [-0.05, 0) is 35.6 Å². The maximum absolute atomic E-state index is 12.5. The fourth-order valence-electron chi connectivity index (χ4n) is 3.49. The number of ether oxygens (including phenoxy) is 1. The van der Waals surface area contributed by atoms with Crippen LogP contribution in [0.1, 0.15) is 37.3 Å². The van der Waals surface area contributed by atoms with Crippen molar-refractivity contribution in [2.45, 2.75) is 32.2 Å². The molecule has 0 fully saturated rings. The molecule has 26 heavy (non-hydrogen) atoms. The van der Waals surface area contributed by atoms with Crippen molar-refractivity contribution in [3.8, 4) is 11.1 Å². The number of hydrogen-bond donors (Lipinski definition) is 1. The molecule has 1 atom stereocenters. The van der Waals surface area contributed by atoms with Gasteiger partial charge in [-0.1, -0.05) is 55.5 Å². The second kappa shape index (κ2) is 7.60. The Balaban J connectivity index is 1.79. The van der Waals surface area contributed by atoms with Gasteiger partial charge in [-0.3, -0.25) is 4.90 Å². The van der Waals surface area contributed by atoms with Crippen molar-refractivity contribution in [1.82, 2.24) is 4.90 Å². The van der Waals surface area contributed by atoms with E-state index in [-0.39, 0.29) is 12.5 Å². The number of fused-ring (bicyclic) bond motifs is 3. The van der Waals surface area contributed by atoms with Gasteiger partial charge in [-0.25, -0.2) is 9.59 Å². The predicted octanol–water partition coefficient (Wildman–Crippen LogP) is 4.12. The number of benzene rings is 2. The summed E-state index contributed by atoms with van der Waals surface area (Å²) < 4.78 is 5.55. The maximum Gasteiger partial charge on any atom is 0.410 e. The van der Waals surface area contributed by atoms with E-state index in [0.29, 0.717) is 13.0 Å². The highest BCUT2D eigenvalue weighted by atomic mass is 16.6. The molecule has 1 N–H and O–H groups in total. The number of aliphatic carboxylic acids is 1. The van der Waals surface area contributed by atoms with Gasteiger partial charge in [0.15, 0.2) is 0 Å². The lowest BCUT2D eigenvalue weighted by Crippen LogP contribution is -2.44. The third-order valence-corrected chi connectivity index (χ3v) is 4.86. The first-order valence-electron chi connectivity index (χ1n) is 8.89. The Morgan fingerprint density at radius 2 is 1.62 bits per heavy atom. The van der Waals surface area contributed by atoms with E-state index in [1.165, 1.54) is 11.8 Å². The predicted molar refractivity (Wildman–Crippen MR) is 99.2 cm³/mol. The van der Waals surface area contributed by atoms with Crippen LogP contribution in [0, 0.1) is 0 Å². The second-order valence-corrected chi connectivity index (χ2v) is 6.51. The number of rotatable bonds is 6. The Morgan fingerprint density at radius 3 is 2.12 bits per heavy atom. The quantitative estimate of drug-likeness (QED) is 0.848.